The van der Waals surface area contributed by atoms with Gasteiger partial charge in [-0.15, -0.1) is 0 Å². The molecule has 0 amide bonds. The molecule has 22 heavy (non-hydrogen) atoms. The molecule has 0 spiro atoms. The number of sulfonamides is 1. The van der Waals surface area contributed by atoms with Gasteiger partial charge in [0.1, 0.15) is 0 Å². The minimum absolute atomic E-state index is 0.114. The zero-order valence-corrected chi connectivity index (χ0v) is 14.0. The number of nitrogens with one attached hydrogen (secondary N) is 1. The number of sulfone groups is 1. The maximum Gasteiger partial charge on any atom is 0.330 e. The summed E-state index contributed by atoms with van der Waals surface area (Å²) in [5, 5.41) is 0. The number of hydrogen-bond acceptors (Lipinski definition) is 6. The fraction of sp³-hybridized carbons (Fsp3) is 0.636. The molecule has 1 aromatic heterocycles. The summed E-state index contributed by atoms with van der Waals surface area (Å²) in [6.07, 6.45) is 1.06. The largest absolute Gasteiger partial charge is 0.330 e. The standard InChI is InChI=1S/C11H17N3O6S2/c1-11(4-5-21(17,18)7-11)12-22(19,20)8-6-13(2)10(16)14(3)9(8)15/h6,12H,4-5,7H2,1-3H3/t11-/m1/s1. The molecular formula is C11H17N3O6S2. The summed E-state index contributed by atoms with van der Waals surface area (Å²) in [5.74, 6) is -0.442. The molecule has 2 rings (SSSR count). The highest BCUT2D eigenvalue weighted by Gasteiger charge is 2.42. The van der Waals surface area contributed by atoms with Gasteiger partial charge in [-0.3, -0.25) is 9.36 Å². The second-order valence-electron chi connectivity index (χ2n) is 5.76. The Bertz CT molecular complexity index is 941. The summed E-state index contributed by atoms with van der Waals surface area (Å²) < 4.78 is 51.8. The molecule has 1 saturated heterocycles. The Morgan fingerprint density at radius 1 is 1.27 bits per heavy atom. The van der Waals surface area contributed by atoms with E-state index in [1.165, 1.54) is 21.0 Å². The average molecular weight is 351 g/mol. The average Bonchev–Trinajstić information content (AvgIpc) is 2.64. The lowest BCUT2D eigenvalue weighted by Crippen LogP contribution is -2.49. The van der Waals surface area contributed by atoms with Crippen LogP contribution in [0.2, 0.25) is 0 Å². The van der Waals surface area contributed by atoms with Crippen molar-refractivity contribution in [2.24, 2.45) is 14.1 Å². The molecule has 124 valence electrons. The fourth-order valence-corrected chi connectivity index (χ4v) is 6.21. The molecule has 1 N–H and O–H groups in total. The van der Waals surface area contributed by atoms with Gasteiger partial charge in [0.2, 0.25) is 10.0 Å². The number of aromatic nitrogens is 2. The van der Waals surface area contributed by atoms with Crippen LogP contribution in [0.5, 0.6) is 0 Å². The third-order valence-electron chi connectivity index (χ3n) is 3.59. The number of hydrogen-bond donors (Lipinski definition) is 1. The number of nitrogens with zero attached hydrogens (tertiary/aromatic N) is 2. The molecule has 9 nitrogen and oxygen atoms in total. The molecule has 1 aliphatic rings. The molecular weight excluding hydrogens is 334 g/mol. The maximum atomic E-state index is 12.4. The van der Waals surface area contributed by atoms with Crippen molar-refractivity contribution in [2.75, 3.05) is 11.5 Å². The highest BCUT2D eigenvalue weighted by Crippen LogP contribution is 2.24. The predicted molar refractivity (Wildman–Crippen MR) is 78.9 cm³/mol. The van der Waals surface area contributed by atoms with Crippen molar-refractivity contribution in [3.8, 4) is 0 Å². The van der Waals surface area contributed by atoms with E-state index < -0.39 is 41.5 Å². The second-order valence-corrected chi connectivity index (χ2v) is 9.59. The van der Waals surface area contributed by atoms with Crippen LogP contribution in [0.4, 0.5) is 0 Å². The van der Waals surface area contributed by atoms with Gasteiger partial charge in [-0.1, -0.05) is 0 Å². The van der Waals surface area contributed by atoms with Crippen molar-refractivity contribution >= 4 is 19.9 Å². The topological polar surface area (TPSA) is 124 Å². The first kappa shape index (κ1) is 16.9. The molecule has 1 aromatic rings. The van der Waals surface area contributed by atoms with Crippen LogP contribution in [0.25, 0.3) is 0 Å². The quantitative estimate of drug-likeness (QED) is 0.668. The third kappa shape index (κ3) is 3.01. The van der Waals surface area contributed by atoms with Gasteiger partial charge < -0.3 is 4.57 Å². The Balaban J connectivity index is 2.50. The SMILES string of the molecule is Cn1cc(S(=O)(=O)N[C@]2(C)CCS(=O)(=O)C2)c(=O)n(C)c1=O. The lowest BCUT2D eigenvalue weighted by molar-refractivity contribution is 0.460. The molecule has 11 heteroatoms. The zero-order chi connectivity index (χ0) is 16.9. The van der Waals surface area contributed by atoms with E-state index in [9.17, 15) is 26.4 Å². The molecule has 2 heterocycles. The van der Waals surface area contributed by atoms with E-state index in [0.717, 1.165) is 10.8 Å². The molecule has 1 atom stereocenters. The van der Waals surface area contributed by atoms with Gasteiger partial charge in [-0.25, -0.2) is 26.4 Å². The monoisotopic (exact) mass is 351 g/mol. The van der Waals surface area contributed by atoms with Crippen molar-refractivity contribution < 1.29 is 16.8 Å². The Labute approximate surface area is 127 Å². The molecule has 0 aromatic carbocycles. The lowest BCUT2D eigenvalue weighted by Gasteiger charge is -2.23. The molecule has 1 fully saturated rings. The first-order valence-corrected chi connectivity index (χ1v) is 9.68. The van der Waals surface area contributed by atoms with Crippen LogP contribution in [0.3, 0.4) is 0 Å². The highest BCUT2D eigenvalue weighted by atomic mass is 32.2. The van der Waals surface area contributed by atoms with Gasteiger partial charge in [0, 0.05) is 25.8 Å². The molecule has 0 unspecified atom stereocenters. The summed E-state index contributed by atoms with van der Waals surface area (Å²) in [6, 6.07) is 0. The fourth-order valence-electron chi connectivity index (χ4n) is 2.43. The Kier molecular flexibility index (Phi) is 3.86. The lowest BCUT2D eigenvalue weighted by atomic mass is 10.0. The molecule has 0 radical (unpaired) electrons. The Hall–Kier alpha value is -1.46. The smallest absolute Gasteiger partial charge is 0.302 e. The van der Waals surface area contributed by atoms with Gasteiger partial charge in [0.15, 0.2) is 14.7 Å². The predicted octanol–water partition coefficient (Wildman–Crippen LogP) is -2.06. The summed E-state index contributed by atoms with van der Waals surface area (Å²) in [6.45, 7) is 1.47. The summed E-state index contributed by atoms with van der Waals surface area (Å²) >= 11 is 0. The summed E-state index contributed by atoms with van der Waals surface area (Å²) in [7, 11) is -5.07. The summed E-state index contributed by atoms with van der Waals surface area (Å²) in [5.41, 5.74) is -2.78. The van der Waals surface area contributed by atoms with Crippen molar-refractivity contribution in [2.45, 2.75) is 23.8 Å². The first-order valence-electron chi connectivity index (χ1n) is 6.38. The van der Waals surface area contributed by atoms with Gasteiger partial charge >= 0.3 is 5.69 Å². The van der Waals surface area contributed by atoms with E-state index >= 15 is 0 Å². The van der Waals surface area contributed by atoms with Crippen molar-refractivity contribution in [1.29, 1.82) is 0 Å². The van der Waals surface area contributed by atoms with Crippen LogP contribution in [-0.2, 0) is 34.0 Å². The van der Waals surface area contributed by atoms with Crippen LogP contribution >= 0.6 is 0 Å². The van der Waals surface area contributed by atoms with E-state index in [-0.39, 0.29) is 17.9 Å². The van der Waals surface area contributed by atoms with Crippen LogP contribution in [0.1, 0.15) is 13.3 Å². The first-order chi connectivity index (χ1) is 9.87. The van der Waals surface area contributed by atoms with Crippen molar-refractivity contribution in [3.63, 3.8) is 0 Å². The Morgan fingerprint density at radius 3 is 2.36 bits per heavy atom. The third-order valence-corrected chi connectivity index (χ3v) is 7.11. The maximum absolute atomic E-state index is 12.4. The van der Waals surface area contributed by atoms with E-state index in [1.54, 1.807) is 0 Å². The molecule has 0 aliphatic carbocycles. The number of aryl methyl sites for hydroxylation is 1. The van der Waals surface area contributed by atoms with Crippen LogP contribution < -0.4 is 16.0 Å². The molecule has 1 aliphatic heterocycles. The minimum atomic E-state index is -4.25. The van der Waals surface area contributed by atoms with E-state index in [2.05, 4.69) is 4.72 Å². The molecule has 0 bridgehead atoms. The zero-order valence-electron chi connectivity index (χ0n) is 12.4. The van der Waals surface area contributed by atoms with Gasteiger partial charge in [-0.2, -0.15) is 0 Å². The Morgan fingerprint density at radius 2 is 1.86 bits per heavy atom. The van der Waals surface area contributed by atoms with Crippen molar-refractivity contribution in [3.05, 3.63) is 27.0 Å². The highest BCUT2D eigenvalue weighted by molar-refractivity contribution is 7.92. The second kappa shape index (κ2) is 5.03. The normalized spacial score (nSPS) is 24.5. The van der Waals surface area contributed by atoms with Crippen LogP contribution in [0, 0.1) is 0 Å². The molecule has 0 saturated carbocycles. The van der Waals surface area contributed by atoms with Crippen LogP contribution in [0.15, 0.2) is 20.7 Å². The van der Waals surface area contributed by atoms with Gasteiger partial charge in [-0.05, 0) is 13.3 Å². The van der Waals surface area contributed by atoms with Gasteiger partial charge in [0.05, 0.1) is 11.5 Å². The van der Waals surface area contributed by atoms with Gasteiger partial charge in [0.25, 0.3) is 5.56 Å². The number of rotatable bonds is 3. The van der Waals surface area contributed by atoms with E-state index in [0.29, 0.717) is 4.57 Å². The minimum Gasteiger partial charge on any atom is -0.302 e. The van der Waals surface area contributed by atoms with Crippen LogP contribution in [-0.4, -0.2) is 43.0 Å². The van der Waals surface area contributed by atoms with Crippen molar-refractivity contribution in [1.82, 2.24) is 13.9 Å². The van der Waals surface area contributed by atoms with E-state index in [1.807, 2.05) is 0 Å². The summed E-state index contributed by atoms with van der Waals surface area (Å²) in [4.78, 5) is 23.0. The van der Waals surface area contributed by atoms with E-state index in [4.69, 9.17) is 0 Å².